The van der Waals surface area contributed by atoms with Gasteiger partial charge in [0.15, 0.2) is 0 Å². The van der Waals surface area contributed by atoms with Crippen LogP contribution in [0.25, 0.3) is 0 Å². The molecule has 0 bridgehead atoms. The predicted molar refractivity (Wildman–Crippen MR) is 67.9 cm³/mol. The second-order valence-electron chi connectivity index (χ2n) is 4.50. The van der Waals surface area contributed by atoms with Crippen molar-refractivity contribution in [1.29, 1.82) is 0 Å². The van der Waals surface area contributed by atoms with Crippen LogP contribution in [0.1, 0.15) is 16.2 Å². The smallest absolute Gasteiger partial charge is 0.274 e. The van der Waals surface area contributed by atoms with Crippen LogP contribution < -0.4 is 5.73 Å². The lowest BCUT2D eigenvalue weighted by Gasteiger charge is -2.19. The number of anilines is 1. The third-order valence-corrected chi connectivity index (χ3v) is 2.70. The fourth-order valence-electron chi connectivity index (χ4n) is 1.56. The lowest BCUT2D eigenvalue weighted by Crippen LogP contribution is -2.34. The molecule has 17 heavy (non-hydrogen) atoms. The summed E-state index contributed by atoms with van der Waals surface area (Å²) in [6, 6.07) is 0. The standard InChI is InChI=1S/C11H21N5O/c1-8-9(12)10(16(5)13-8)11(17)15(4)7-6-14(2)3/h6-7,12H2,1-5H3. The topological polar surface area (TPSA) is 67.4 Å². The maximum atomic E-state index is 12.2. The zero-order valence-electron chi connectivity index (χ0n) is 11.2. The maximum absolute atomic E-state index is 12.2. The molecule has 0 saturated heterocycles. The Morgan fingerprint density at radius 3 is 2.35 bits per heavy atom. The van der Waals surface area contributed by atoms with Gasteiger partial charge in [-0.2, -0.15) is 5.10 Å². The van der Waals surface area contributed by atoms with Crippen LogP contribution in [0.15, 0.2) is 0 Å². The van der Waals surface area contributed by atoms with E-state index in [0.29, 0.717) is 23.6 Å². The van der Waals surface area contributed by atoms with Crippen molar-refractivity contribution in [3.63, 3.8) is 0 Å². The molecule has 0 atom stereocenters. The Bertz CT molecular complexity index is 410. The minimum atomic E-state index is -0.0903. The zero-order chi connectivity index (χ0) is 13.2. The summed E-state index contributed by atoms with van der Waals surface area (Å²) in [5.74, 6) is -0.0903. The van der Waals surface area contributed by atoms with Gasteiger partial charge in [0.1, 0.15) is 5.69 Å². The first-order valence-electron chi connectivity index (χ1n) is 5.53. The van der Waals surface area contributed by atoms with Crippen LogP contribution >= 0.6 is 0 Å². The second-order valence-corrected chi connectivity index (χ2v) is 4.50. The molecule has 6 heteroatoms. The Hall–Kier alpha value is -1.56. The average molecular weight is 239 g/mol. The van der Waals surface area contributed by atoms with Gasteiger partial charge in [-0.05, 0) is 21.0 Å². The first kappa shape index (κ1) is 13.5. The first-order chi connectivity index (χ1) is 7.84. The number of hydrogen-bond donors (Lipinski definition) is 1. The normalized spacial score (nSPS) is 10.9. The Morgan fingerprint density at radius 1 is 1.35 bits per heavy atom. The molecule has 1 aromatic rings. The number of rotatable bonds is 4. The molecule has 0 aromatic carbocycles. The van der Waals surface area contributed by atoms with Crippen LogP contribution in [0.5, 0.6) is 0 Å². The molecule has 96 valence electrons. The number of aromatic nitrogens is 2. The maximum Gasteiger partial charge on any atom is 0.274 e. The molecule has 1 amide bonds. The minimum absolute atomic E-state index is 0.0903. The summed E-state index contributed by atoms with van der Waals surface area (Å²) in [7, 11) is 7.45. The van der Waals surface area contributed by atoms with Gasteiger partial charge in [-0.15, -0.1) is 0 Å². The number of nitrogens with two attached hydrogens (primary N) is 1. The highest BCUT2D eigenvalue weighted by Crippen LogP contribution is 2.16. The summed E-state index contributed by atoms with van der Waals surface area (Å²) in [5.41, 5.74) is 7.48. The molecular weight excluding hydrogens is 218 g/mol. The summed E-state index contributed by atoms with van der Waals surface area (Å²) in [4.78, 5) is 15.9. The monoisotopic (exact) mass is 239 g/mol. The van der Waals surface area contributed by atoms with E-state index in [1.807, 2.05) is 19.0 Å². The van der Waals surface area contributed by atoms with E-state index in [0.717, 1.165) is 6.54 Å². The SMILES string of the molecule is Cc1nn(C)c(C(=O)N(C)CCN(C)C)c1N. The number of hydrogen-bond acceptors (Lipinski definition) is 4. The molecule has 0 radical (unpaired) electrons. The number of nitrogen functional groups attached to an aromatic ring is 1. The molecule has 0 fully saturated rings. The van der Waals surface area contributed by atoms with Gasteiger partial charge >= 0.3 is 0 Å². The highest BCUT2D eigenvalue weighted by atomic mass is 16.2. The molecule has 6 nitrogen and oxygen atoms in total. The number of likely N-dealkylation sites (N-methyl/N-ethyl adjacent to an activating group) is 2. The van der Waals surface area contributed by atoms with E-state index in [1.54, 1.807) is 30.6 Å². The van der Waals surface area contributed by atoms with Gasteiger partial charge in [-0.1, -0.05) is 0 Å². The lowest BCUT2D eigenvalue weighted by atomic mass is 10.2. The summed E-state index contributed by atoms with van der Waals surface area (Å²) in [6.07, 6.45) is 0. The molecule has 1 heterocycles. The van der Waals surface area contributed by atoms with Gasteiger partial charge in [0.05, 0.1) is 11.4 Å². The highest BCUT2D eigenvalue weighted by Gasteiger charge is 2.20. The van der Waals surface area contributed by atoms with Gasteiger partial charge in [-0.25, -0.2) is 0 Å². The third kappa shape index (κ3) is 2.97. The molecule has 0 aliphatic heterocycles. The van der Waals surface area contributed by atoms with Crippen LogP contribution in [0.2, 0.25) is 0 Å². The molecule has 0 spiro atoms. The van der Waals surface area contributed by atoms with Gasteiger partial charge in [0.25, 0.3) is 5.91 Å². The van der Waals surface area contributed by atoms with E-state index in [2.05, 4.69) is 5.10 Å². The van der Waals surface area contributed by atoms with E-state index in [-0.39, 0.29) is 5.91 Å². The number of nitrogens with zero attached hydrogens (tertiary/aromatic N) is 4. The van der Waals surface area contributed by atoms with Gasteiger partial charge in [0, 0.05) is 27.2 Å². The van der Waals surface area contributed by atoms with Crippen molar-refractivity contribution in [3.8, 4) is 0 Å². The Kier molecular flexibility index (Phi) is 4.11. The van der Waals surface area contributed by atoms with Crippen molar-refractivity contribution in [2.45, 2.75) is 6.92 Å². The molecule has 0 aliphatic carbocycles. The fraction of sp³-hybridized carbons (Fsp3) is 0.636. The van der Waals surface area contributed by atoms with Crippen molar-refractivity contribution in [1.82, 2.24) is 19.6 Å². The first-order valence-corrected chi connectivity index (χ1v) is 5.53. The van der Waals surface area contributed by atoms with Crippen molar-refractivity contribution >= 4 is 11.6 Å². The van der Waals surface area contributed by atoms with Crippen molar-refractivity contribution < 1.29 is 4.79 Å². The number of amides is 1. The molecule has 0 unspecified atom stereocenters. The number of carbonyl (C=O) groups excluding carboxylic acids is 1. The Morgan fingerprint density at radius 2 is 1.94 bits per heavy atom. The van der Waals surface area contributed by atoms with E-state index in [4.69, 9.17) is 5.73 Å². The summed E-state index contributed by atoms with van der Waals surface area (Å²) in [5, 5.41) is 4.14. The van der Waals surface area contributed by atoms with Crippen molar-refractivity contribution in [3.05, 3.63) is 11.4 Å². The molecule has 0 aliphatic rings. The minimum Gasteiger partial charge on any atom is -0.395 e. The highest BCUT2D eigenvalue weighted by molar-refractivity contribution is 5.97. The average Bonchev–Trinajstić information content (AvgIpc) is 2.49. The molecular formula is C11H21N5O. The van der Waals surface area contributed by atoms with E-state index in [1.165, 1.54) is 0 Å². The zero-order valence-corrected chi connectivity index (χ0v) is 11.2. The van der Waals surface area contributed by atoms with E-state index >= 15 is 0 Å². The fourth-order valence-corrected chi connectivity index (χ4v) is 1.56. The second kappa shape index (κ2) is 5.18. The molecule has 2 N–H and O–H groups in total. The Balaban J connectivity index is 2.82. The third-order valence-electron chi connectivity index (χ3n) is 2.70. The van der Waals surface area contributed by atoms with Crippen LogP contribution in [0.3, 0.4) is 0 Å². The van der Waals surface area contributed by atoms with Crippen molar-refractivity contribution in [2.75, 3.05) is 40.0 Å². The quantitative estimate of drug-likeness (QED) is 0.799. The molecule has 0 saturated carbocycles. The van der Waals surface area contributed by atoms with Gasteiger partial charge < -0.3 is 15.5 Å². The van der Waals surface area contributed by atoms with Gasteiger partial charge in [-0.3, -0.25) is 9.48 Å². The van der Waals surface area contributed by atoms with Crippen LogP contribution in [0.4, 0.5) is 5.69 Å². The van der Waals surface area contributed by atoms with Crippen LogP contribution in [-0.4, -0.2) is 59.7 Å². The van der Waals surface area contributed by atoms with Gasteiger partial charge in [0.2, 0.25) is 0 Å². The van der Waals surface area contributed by atoms with E-state index < -0.39 is 0 Å². The summed E-state index contributed by atoms with van der Waals surface area (Å²) in [6.45, 7) is 3.28. The largest absolute Gasteiger partial charge is 0.395 e. The van der Waals surface area contributed by atoms with E-state index in [9.17, 15) is 4.79 Å². The molecule has 1 rings (SSSR count). The summed E-state index contributed by atoms with van der Waals surface area (Å²) >= 11 is 0. The molecule has 1 aromatic heterocycles. The number of aryl methyl sites for hydroxylation is 2. The number of carbonyl (C=O) groups is 1. The van der Waals surface area contributed by atoms with Crippen LogP contribution in [0, 0.1) is 6.92 Å². The predicted octanol–water partition coefficient (Wildman–Crippen LogP) is -0.0557. The van der Waals surface area contributed by atoms with Crippen molar-refractivity contribution in [2.24, 2.45) is 7.05 Å². The Labute approximate surface area is 102 Å². The summed E-state index contributed by atoms with van der Waals surface area (Å²) < 4.78 is 1.54. The van der Waals surface area contributed by atoms with Crippen LogP contribution in [-0.2, 0) is 7.05 Å². The lowest BCUT2D eigenvalue weighted by molar-refractivity contribution is 0.0776.